The molecule has 0 saturated heterocycles. The molecule has 0 aliphatic rings. The minimum Gasteiger partial charge on any atom is -0.310 e. The zero-order chi connectivity index (χ0) is 40.3. The first kappa shape index (κ1) is 35.2. The smallest absolute Gasteiger partial charge is 0.0541 e. The lowest BCUT2D eigenvalue weighted by atomic mass is 9.93. The summed E-state index contributed by atoms with van der Waals surface area (Å²) < 4.78 is 5.00. The van der Waals surface area contributed by atoms with Gasteiger partial charge in [-0.3, -0.25) is 0 Å². The highest BCUT2D eigenvalue weighted by Crippen LogP contribution is 2.45. The van der Waals surface area contributed by atoms with Gasteiger partial charge < -0.3 is 9.47 Å². The predicted molar refractivity (Wildman–Crippen MR) is 262 cm³/mol. The van der Waals surface area contributed by atoms with Crippen molar-refractivity contribution in [1.29, 1.82) is 0 Å². The number of fused-ring (bicyclic) bond motifs is 7. The van der Waals surface area contributed by atoms with Crippen LogP contribution >= 0.6 is 11.3 Å². The molecule has 0 N–H and O–H groups in total. The van der Waals surface area contributed by atoms with Gasteiger partial charge in [0.25, 0.3) is 0 Å². The lowest BCUT2D eigenvalue weighted by Gasteiger charge is -2.27. The Balaban J connectivity index is 1.05. The maximum atomic E-state index is 2.43. The summed E-state index contributed by atoms with van der Waals surface area (Å²) in [4.78, 5) is 2.43. The molecular formula is C58H38N2S. The average molecular weight is 795 g/mol. The Morgan fingerprint density at radius 2 is 0.918 bits per heavy atom. The third kappa shape index (κ3) is 6.09. The number of thiophene rings is 1. The van der Waals surface area contributed by atoms with Crippen LogP contribution in [0.1, 0.15) is 0 Å². The molecule has 61 heavy (non-hydrogen) atoms. The maximum Gasteiger partial charge on any atom is 0.0541 e. The van der Waals surface area contributed by atoms with E-state index in [1.54, 1.807) is 0 Å². The molecule has 0 atom stereocenters. The first-order chi connectivity index (χ1) is 30.2. The molecule has 0 amide bonds. The van der Waals surface area contributed by atoms with Crippen LogP contribution in [0.5, 0.6) is 0 Å². The molecule has 2 nitrogen and oxygen atoms in total. The topological polar surface area (TPSA) is 8.17 Å². The fraction of sp³-hybridized carbons (Fsp3) is 0. The number of anilines is 3. The monoisotopic (exact) mass is 794 g/mol. The van der Waals surface area contributed by atoms with E-state index in [1.165, 1.54) is 86.1 Å². The van der Waals surface area contributed by atoms with Crippen molar-refractivity contribution in [2.75, 3.05) is 4.90 Å². The standard InChI is InChI=1S/C58H38N2S/c1-2-15-40(16-3-1)53-37-47(30-32-49(53)44-19-13-21-46(36-44)60-55-25-9-6-22-50(55)51-23-7-10-26-56(51)60)59(48-31-33-58-54(38-48)52-24-8-11-27-57(52)61-58)45-20-12-18-42(35-45)43-29-28-39-14-4-5-17-41(39)34-43/h1-38H. The number of nitrogens with zero attached hydrogens (tertiary/aromatic N) is 2. The molecule has 3 heteroatoms. The first-order valence-electron chi connectivity index (χ1n) is 20.8. The SMILES string of the molecule is c1ccc(-c2cc(N(c3cccc(-c4ccc5ccccc5c4)c3)c3ccc4sc5ccccc5c4c3)ccc2-c2cccc(-n3c4ccccc4c4ccccc43)c2)cc1. The fourth-order valence-corrected chi connectivity index (χ4v) is 10.4. The van der Waals surface area contributed by atoms with Crippen molar-refractivity contribution in [3.63, 3.8) is 0 Å². The molecule has 12 aromatic rings. The largest absolute Gasteiger partial charge is 0.310 e. The average Bonchev–Trinajstić information content (AvgIpc) is 3.87. The molecule has 12 rings (SSSR count). The van der Waals surface area contributed by atoms with E-state index in [1.807, 2.05) is 11.3 Å². The first-order valence-corrected chi connectivity index (χ1v) is 21.6. The predicted octanol–water partition coefficient (Wildman–Crippen LogP) is 16.8. The van der Waals surface area contributed by atoms with Crippen molar-refractivity contribution in [3.05, 3.63) is 231 Å². The van der Waals surface area contributed by atoms with Crippen LogP contribution in [0, 0.1) is 0 Å². The second kappa shape index (κ2) is 14.5. The van der Waals surface area contributed by atoms with E-state index in [4.69, 9.17) is 0 Å². The number of benzene rings is 10. The highest BCUT2D eigenvalue weighted by atomic mass is 32.1. The van der Waals surface area contributed by atoms with Gasteiger partial charge in [-0.25, -0.2) is 0 Å². The van der Waals surface area contributed by atoms with Crippen LogP contribution in [0.25, 0.3) is 91.8 Å². The van der Waals surface area contributed by atoms with Crippen LogP contribution in [-0.2, 0) is 0 Å². The number of hydrogen-bond donors (Lipinski definition) is 0. The number of rotatable bonds is 7. The Kier molecular flexibility index (Phi) is 8.39. The van der Waals surface area contributed by atoms with Gasteiger partial charge in [-0.15, -0.1) is 11.3 Å². The van der Waals surface area contributed by atoms with Gasteiger partial charge in [0.05, 0.1) is 11.0 Å². The van der Waals surface area contributed by atoms with Crippen LogP contribution < -0.4 is 4.90 Å². The molecule has 2 aromatic heterocycles. The summed E-state index contributed by atoms with van der Waals surface area (Å²) in [7, 11) is 0. The maximum absolute atomic E-state index is 2.43. The van der Waals surface area contributed by atoms with Gasteiger partial charge in [-0.05, 0) is 123 Å². The lowest BCUT2D eigenvalue weighted by molar-refractivity contribution is 1.18. The van der Waals surface area contributed by atoms with Gasteiger partial charge in [-0.2, -0.15) is 0 Å². The third-order valence-corrected chi connectivity index (χ3v) is 13.3. The second-order valence-electron chi connectivity index (χ2n) is 15.7. The molecule has 0 aliphatic heterocycles. The van der Waals surface area contributed by atoms with E-state index >= 15 is 0 Å². The Morgan fingerprint density at radius 3 is 1.75 bits per heavy atom. The summed E-state index contributed by atoms with van der Waals surface area (Å²) >= 11 is 1.85. The molecule has 0 aliphatic carbocycles. The second-order valence-corrected chi connectivity index (χ2v) is 16.8. The van der Waals surface area contributed by atoms with Crippen LogP contribution in [0.2, 0.25) is 0 Å². The minimum absolute atomic E-state index is 1.09. The molecule has 2 heterocycles. The van der Waals surface area contributed by atoms with E-state index in [0.29, 0.717) is 0 Å². The van der Waals surface area contributed by atoms with Gasteiger partial charge >= 0.3 is 0 Å². The van der Waals surface area contributed by atoms with Gasteiger partial charge in [0.15, 0.2) is 0 Å². The normalized spacial score (nSPS) is 11.6. The lowest BCUT2D eigenvalue weighted by Crippen LogP contribution is -2.10. The van der Waals surface area contributed by atoms with Gasteiger partial charge in [0.1, 0.15) is 0 Å². The van der Waals surface area contributed by atoms with Crippen molar-refractivity contribution in [2.24, 2.45) is 0 Å². The highest BCUT2D eigenvalue weighted by molar-refractivity contribution is 7.25. The van der Waals surface area contributed by atoms with Crippen LogP contribution in [0.15, 0.2) is 231 Å². The van der Waals surface area contributed by atoms with Crippen LogP contribution in [-0.4, -0.2) is 4.57 Å². The van der Waals surface area contributed by atoms with Crippen molar-refractivity contribution in [1.82, 2.24) is 4.57 Å². The van der Waals surface area contributed by atoms with Gasteiger partial charge in [0.2, 0.25) is 0 Å². The number of hydrogen-bond acceptors (Lipinski definition) is 2. The molecule has 0 saturated carbocycles. The van der Waals surface area contributed by atoms with E-state index in [2.05, 4.69) is 240 Å². The van der Waals surface area contributed by atoms with Crippen molar-refractivity contribution in [3.8, 4) is 39.1 Å². The minimum atomic E-state index is 1.09. The molecular weight excluding hydrogens is 757 g/mol. The quantitative estimate of drug-likeness (QED) is 0.156. The highest BCUT2D eigenvalue weighted by Gasteiger charge is 2.20. The zero-order valence-corrected chi connectivity index (χ0v) is 34.1. The molecule has 0 fully saturated rings. The van der Waals surface area contributed by atoms with Crippen LogP contribution in [0.3, 0.4) is 0 Å². The number of aromatic nitrogens is 1. The molecule has 0 radical (unpaired) electrons. The summed E-state index contributed by atoms with van der Waals surface area (Å²) in [6.07, 6.45) is 0. The van der Waals surface area contributed by atoms with Crippen molar-refractivity contribution >= 4 is 81.1 Å². The summed E-state index contributed by atoms with van der Waals surface area (Å²) in [6.45, 7) is 0. The Hall–Kier alpha value is -7.72. The summed E-state index contributed by atoms with van der Waals surface area (Å²) in [5.74, 6) is 0. The Labute approximate surface area is 358 Å². The molecule has 0 unspecified atom stereocenters. The fourth-order valence-electron chi connectivity index (χ4n) is 9.29. The van der Waals surface area contributed by atoms with E-state index in [0.717, 1.165) is 22.7 Å². The van der Waals surface area contributed by atoms with Gasteiger partial charge in [0, 0.05) is 53.7 Å². The third-order valence-electron chi connectivity index (χ3n) is 12.1. The molecule has 286 valence electrons. The molecule has 0 spiro atoms. The summed E-state index contributed by atoms with van der Waals surface area (Å²) in [5.41, 5.74) is 13.9. The summed E-state index contributed by atoms with van der Waals surface area (Å²) in [5, 5.41) is 7.57. The molecule has 10 aromatic carbocycles. The van der Waals surface area contributed by atoms with E-state index in [9.17, 15) is 0 Å². The number of para-hydroxylation sites is 2. The van der Waals surface area contributed by atoms with E-state index < -0.39 is 0 Å². The van der Waals surface area contributed by atoms with Crippen molar-refractivity contribution < 1.29 is 0 Å². The Bertz CT molecular complexity index is 3560. The zero-order valence-electron chi connectivity index (χ0n) is 33.2. The van der Waals surface area contributed by atoms with Crippen molar-refractivity contribution in [2.45, 2.75) is 0 Å². The molecule has 0 bridgehead atoms. The van der Waals surface area contributed by atoms with Gasteiger partial charge in [-0.1, -0.05) is 152 Å². The van der Waals surface area contributed by atoms with Crippen LogP contribution in [0.4, 0.5) is 17.1 Å². The summed E-state index contributed by atoms with van der Waals surface area (Å²) in [6, 6.07) is 84.4. The Morgan fingerprint density at radius 1 is 0.311 bits per heavy atom. The van der Waals surface area contributed by atoms with E-state index in [-0.39, 0.29) is 0 Å².